The molecule has 3 saturated heterocycles. The minimum Gasteiger partial charge on any atom is -0.391 e. The van der Waals surface area contributed by atoms with Crippen molar-refractivity contribution < 1.29 is 43.3 Å². The number of amides is 6. The first-order chi connectivity index (χ1) is 37.1. The number of ether oxygens (including phenoxy) is 2. The molecule has 6 amide bonds. The first-order valence-electron chi connectivity index (χ1n) is 27.1. The van der Waals surface area contributed by atoms with Crippen LogP contribution in [0.5, 0.6) is 0 Å². The summed E-state index contributed by atoms with van der Waals surface area (Å²) in [6.07, 6.45) is 11.2. The SMILES string of the molecule is Cc1ncsc1-c1ccc(CNC(=O)[C@@H]2C[C@@H](O)CN2C(=O)[C@@H](NC(=O)CCOCCOCCC(=O)N2CCN(c3ccc(C(=O)N4CCC(CCCCNC(=O)/C=C/c5cccnc5)CC4)cc3)CC2)C(C)(C)C)cc1. The highest BCUT2D eigenvalue weighted by atomic mass is 32.1. The Morgan fingerprint density at radius 1 is 0.844 bits per heavy atom. The summed E-state index contributed by atoms with van der Waals surface area (Å²) in [5, 5.41) is 19.3. The molecule has 0 saturated carbocycles. The maximum absolute atomic E-state index is 14.0. The third kappa shape index (κ3) is 17.5. The van der Waals surface area contributed by atoms with Crippen molar-refractivity contribution in [1.82, 2.24) is 40.6 Å². The van der Waals surface area contributed by atoms with Gasteiger partial charge in [0.25, 0.3) is 5.91 Å². The van der Waals surface area contributed by atoms with Crippen LogP contribution >= 0.6 is 11.3 Å². The molecule has 77 heavy (non-hydrogen) atoms. The molecule has 2 aromatic carbocycles. The van der Waals surface area contributed by atoms with E-state index in [4.69, 9.17) is 9.47 Å². The number of pyridine rings is 1. The maximum Gasteiger partial charge on any atom is 0.253 e. The van der Waals surface area contributed by atoms with E-state index in [9.17, 15) is 33.9 Å². The number of benzene rings is 2. The Hall–Kier alpha value is -6.54. The molecule has 18 nitrogen and oxygen atoms in total. The highest BCUT2D eigenvalue weighted by molar-refractivity contribution is 7.13. The average molecular weight is 1080 g/mol. The number of nitrogens with zero attached hydrogens (tertiary/aromatic N) is 6. The van der Waals surface area contributed by atoms with Crippen molar-refractivity contribution in [2.75, 3.05) is 83.7 Å². The monoisotopic (exact) mass is 1080 g/mol. The number of carbonyl (C=O) groups excluding carboxylic acids is 6. The number of carbonyl (C=O) groups is 6. The van der Waals surface area contributed by atoms with Gasteiger partial charge in [0.15, 0.2) is 0 Å². The second-order valence-electron chi connectivity index (χ2n) is 21.2. The number of nitrogens with one attached hydrogen (secondary N) is 3. The van der Waals surface area contributed by atoms with E-state index in [1.165, 1.54) is 11.0 Å². The second-order valence-corrected chi connectivity index (χ2v) is 22.1. The molecule has 3 aliphatic rings. The van der Waals surface area contributed by atoms with E-state index in [2.05, 4.69) is 30.8 Å². The fourth-order valence-corrected chi connectivity index (χ4v) is 10.7. The number of aromatic nitrogens is 2. The summed E-state index contributed by atoms with van der Waals surface area (Å²) in [7, 11) is 0. The van der Waals surface area contributed by atoms with Crippen molar-refractivity contribution in [2.45, 2.75) is 104 Å². The lowest BCUT2D eigenvalue weighted by Crippen LogP contribution is -2.57. The number of unbranched alkanes of at least 4 members (excludes halogenated alkanes) is 1. The highest BCUT2D eigenvalue weighted by Gasteiger charge is 2.44. The smallest absolute Gasteiger partial charge is 0.253 e. The van der Waals surface area contributed by atoms with E-state index < -0.39 is 29.5 Å². The van der Waals surface area contributed by atoms with Crippen molar-refractivity contribution >= 4 is 58.5 Å². The number of piperidine rings is 1. The van der Waals surface area contributed by atoms with Gasteiger partial charge in [-0.3, -0.25) is 33.8 Å². The first-order valence-corrected chi connectivity index (χ1v) is 28.0. The number of piperazine rings is 1. The molecular weight excluding hydrogens is 999 g/mol. The number of likely N-dealkylation sites (tertiary alicyclic amines) is 2. The predicted molar refractivity (Wildman–Crippen MR) is 297 cm³/mol. The fourth-order valence-electron chi connectivity index (χ4n) is 9.93. The predicted octanol–water partition coefficient (Wildman–Crippen LogP) is 5.64. The molecule has 2 aromatic heterocycles. The molecule has 3 fully saturated rings. The van der Waals surface area contributed by atoms with Crippen LogP contribution in [0.2, 0.25) is 0 Å². The Bertz CT molecular complexity index is 2590. The van der Waals surface area contributed by atoms with Crippen LogP contribution in [0.25, 0.3) is 16.5 Å². The number of rotatable bonds is 24. The lowest BCUT2D eigenvalue weighted by Gasteiger charge is -2.36. The zero-order valence-electron chi connectivity index (χ0n) is 45.1. The quantitative estimate of drug-likeness (QED) is 0.0496. The maximum atomic E-state index is 14.0. The van der Waals surface area contributed by atoms with Crippen LogP contribution in [0.3, 0.4) is 0 Å². The number of thiazole rings is 1. The topological polar surface area (TPSA) is 216 Å². The van der Waals surface area contributed by atoms with Crippen LogP contribution in [0.1, 0.15) is 99.3 Å². The molecule has 3 aliphatic heterocycles. The van der Waals surface area contributed by atoms with Crippen molar-refractivity contribution in [3.63, 3.8) is 0 Å². The molecular formula is C58H77N9O9S. The Morgan fingerprint density at radius 3 is 2.22 bits per heavy atom. The number of β-amino-alcohol motifs (C(OH)–C–C–N with tert-alkyl or cyclic N) is 1. The zero-order valence-corrected chi connectivity index (χ0v) is 45.9. The summed E-state index contributed by atoms with van der Waals surface area (Å²) in [5.74, 6) is -0.638. The third-order valence-electron chi connectivity index (χ3n) is 14.5. The molecule has 0 radical (unpaired) electrons. The van der Waals surface area contributed by atoms with Crippen LogP contribution in [-0.4, -0.2) is 162 Å². The van der Waals surface area contributed by atoms with Crippen LogP contribution in [-0.2, 0) is 40.0 Å². The van der Waals surface area contributed by atoms with Crippen molar-refractivity contribution in [1.29, 1.82) is 0 Å². The van der Waals surface area contributed by atoms with Gasteiger partial charge in [-0.05, 0) is 90.6 Å². The molecule has 0 bridgehead atoms. The molecule has 19 heteroatoms. The number of aliphatic hydroxyl groups excluding tert-OH is 1. The summed E-state index contributed by atoms with van der Waals surface area (Å²) in [4.78, 5) is 96.0. The summed E-state index contributed by atoms with van der Waals surface area (Å²) >= 11 is 1.57. The van der Waals surface area contributed by atoms with Gasteiger partial charge in [-0.15, -0.1) is 11.3 Å². The Morgan fingerprint density at radius 2 is 1.56 bits per heavy atom. The van der Waals surface area contributed by atoms with Gasteiger partial charge in [-0.2, -0.15) is 0 Å². The van der Waals surface area contributed by atoms with E-state index in [0.29, 0.717) is 44.2 Å². The van der Waals surface area contributed by atoms with Gasteiger partial charge < -0.3 is 50.1 Å². The third-order valence-corrected chi connectivity index (χ3v) is 15.5. The van der Waals surface area contributed by atoms with E-state index in [1.54, 1.807) is 29.8 Å². The van der Waals surface area contributed by atoms with Gasteiger partial charge >= 0.3 is 0 Å². The lowest BCUT2D eigenvalue weighted by molar-refractivity contribution is -0.144. The van der Waals surface area contributed by atoms with Gasteiger partial charge in [-0.25, -0.2) is 4.98 Å². The molecule has 0 aliphatic carbocycles. The van der Waals surface area contributed by atoms with Gasteiger partial charge in [0.2, 0.25) is 29.5 Å². The van der Waals surface area contributed by atoms with Gasteiger partial charge in [-0.1, -0.05) is 63.9 Å². The number of aryl methyl sites for hydroxylation is 1. The van der Waals surface area contributed by atoms with Crippen molar-refractivity contribution in [3.05, 3.63) is 107 Å². The standard InChI is InChI=1S/C58H77N9O9S/c1-41-53(77-40-62-41)45-13-10-44(11-14-45)38-61-55(72)49-36-48(68)39-67(49)57(74)54(58(2,3)4)63-51(70)22-32-75-34-35-76-33-23-52(71)65-30-28-64(29-31-65)47-17-15-46(16-18-47)56(73)66-26-20-42(21-27-66)8-5-6-25-60-50(69)19-12-43-9-7-24-59-37-43/h7,9-19,24,37,40,42,48-49,54,68H,5-6,8,20-23,25-36,38-39H2,1-4H3,(H,60,69)(H,61,72)(H,63,70)/b19-12+/t48-,49+,54-/m1/s1. The fraction of sp³-hybridized carbons (Fsp3) is 0.517. The molecule has 414 valence electrons. The van der Waals surface area contributed by atoms with Gasteiger partial charge in [0.1, 0.15) is 12.1 Å². The minimum absolute atomic E-state index is 0.000637. The van der Waals surface area contributed by atoms with E-state index in [0.717, 1.165) is 78.1 Å². The summed E-state index contributed by atoms with van der Waals surface area (Å²) < 4.78 is 11.3. The van der Waals surface area contributed by atoms with Crippen molar-refractivity contribution in [2.24, 2.45) is 11.3 Å². The average Bonchev–Trinajstić information content (AvgIpc) is 4.08. The molecule has 4 N–H and O–H groups in total. The Balaban J connectivity index is 0.718. The normalized spacial score (nSPS) is 17.6. The summed E-state index contributed by atoms with van der Waals surface area (Å²) in [6.45, 7) is 13.2. The molecule has 3 atom stereocenters. The first kappa shape index (κ1) is 58.1. The van der Waals surface area contributed by atoms with Crippen molar-refractivity contribution in [3.8, 4) is 10.4 Å². The van der Waals surface area contributed by atoms with Crippen LogP contribution in [0.15, 0.2) is 84.6 Å². The number of aliphatic hydroxyl groups is 1. The number of hydrogen-bond acceptors (Lipinski definition) is 13. The molecule has 5 heterocycles. The molecule has 4 aromatic rings. The van der Waals surface area contributed by atoms with E-state index >= 15 is 0 Å². The van der Waals surface area contributed by atoms with Gasteiger partial charge in [0, 0.05) is 101 Å². The van der Waals surface area contributed by atoms with Crippen LogP contribution in [0, 0.1) is 18.3 Å². The molecule has 0 unspecified atom stereocenters. The van der Waals surface area contributed by atoms with Crippen LogP contribution < -0.4 is 20.9 Å². The Kier molecular flexibility index (Phi) is 21.7. The van der Waals surface area contributed by atoms with Crippen LogP contribution in [0.4, 0.5) is 5.69 Å². The van der Waals surface area contributed by atoms with Gasteiger partial charge in [0.05, 0.1) is 55.0 Å². The number of hydrogen-bond donors (Lipinski definition) is 4. The minimum atomic E-state index is -0.948. The highest BCUT2D eigenvalue weighted by Crippen LogP contribution is 2.29. The molecule has 7 rings (SSSR count). The second kappa shape index (κ2) is 28.7. The molecule has 0 spiro atoms. The van der Waals surface area contributed by atoms with E-state index in [1.807, 2.05) is 104 Å². The zero-order chi connectivity index (χ0) is 54.7. The summed E-state index contributed by atoms with van der Waals surface area (Å²) in [5.41, 5.74) is 6.60. The summed E-state index contributed by atoms with van der Waals surface area (Å²) in [6, 6.07) is 17.6. The largest absolute Gasteiger partial charge is 0.391 e. The Labute approximate surface area is 457 Å². The number of anilines is 1. The van der Waals surface area contributed by atoms with E-state index in [-0.39, 0.29) is 88.3 Å². The lowest BCUT2D eigenvalue weighted by atomic mass is 9.85.